The molecule has 0 atom stereocenters. The fourth-order valence-electron chi connectivity index (χ4n) is 3.51. The van der Waals surface area contributed by atoms with Crippen molar-refractivity contribution in [1.82, 2.24) is 4.98 Å². The third-order valence-electron chi connectivity index (χ3n) is 5.35. The second-order valence-electron chi connectivity index (χ2n) is 7.92. The van der Waals surface area contributed by atoms with Gasteiger partial charge in [-0.3, -0.25) is 9.59 Å². The number of anilines is 3. The zero-order chi connectivity index (χ0) is 22.0. The number of hydrogen-bond donors (Lipinski definition) is 4. The lowest BCUT2D eigenvalue weighted by molar-refractivity contribution is -0.134. The first-order chi connectivity index (χ1) is 14.8. The Morgan fingerprint density at radius 1 is 1.16 bits per heavy atom. The maximum Gasteiger partial charge on any atom is 0.322 e. The number of thiazole rings is 1. The number of aromatic nitrogens is 1. The smallest absolute Gasteiger partial charge is 0.322 e. The van der Waals surface area contributed by atoms with Crippen LogP contribution in [0, 0.1) is 0 Å². The molecule has 1 fully saturated rings. The van der Waals surface area contributed by atoms with Crippen LogP contribution in [0.1, 0.15) is 29.4 Å². The van der Waals surface area contributed by atoms with Gasteiger partial charge < -0.3 is 25.7 Å². The first-order valence-electron chi connectivity index (χ1n) is 10.0. The highest BCUT2D eigenvalue weighted by Gasteiger charge is 2.30. The monoisotopic (exact) mass is 440 g/mol. The molecule has 1 saturated heterocycles. The molecular weight excluding hydrogens is 416 g/mol. The molecule has 0 unspecified atom stereocenters. The first kappa shape index (κ1) is 21.1. The number of nitrogens with zero attached hydrogens (tertiary/aromatic N) is 2. The minimum Gasteiger partial charge on any atom is -0.480 e. The van der Waals surface area contributed by atoms with Crippen molar-refractivity contribution in [3.8, 4) is 0 Å². The molecule has 1 amide bonds. The minimum atomic E-state index is -1.04. The molecule has 2 aromatic carbocycles. The van der Waals surface area contributed by atoms with Crippen molar-refractivity contribution in [3.63, 3.8) is 0 Å². The molecule has 9 heteroatoms. The van der Waals surface area contributed by atoms with Gasteiger partial charge in [0.15, 0.2) is 10.9 Å². The van der Waals surface area contributed by atoms with Crippen LogP contribution in [-0.4, -0.2) is 52.3 Å². The van der Waals surface area contributed by atoms with Crippen molar-refractivity contribution in [2.75, 3.05) is 35.2 Å². The van der Waals surface area contributed by atoms with Crippen LogP contribution < -0.4 is 15.5 Å². The van der Waals surface area contributed by atoms with E-state index in [4.69, 9.17) is 5.11 Å². The van der Waals surface area contributed by atoms with Crippen molar-refractivity contribution in [3.05, 3.63) is 47.3 Å². The van der Waals surface area contributed by atoms with Crippen molar-refractivity contribution < 1.29 is 19.8 Å². The molecular formula is C22H24N4O4S. The van der Waals surface area contributed by atoms with Gasteiger partial charge in [0, 0.05) is 18.8 Å². The Morgan fingerprint density at radius 2 is 1.87 bits per heavy atom. The third kappa shape index (κ3) is 4.95. The highest BCUT2D eigenvalue weighted by Crippen LogP contribution is 2.34. The van der Waals surface area contributed by atoms with Crippen molar-refractivity contribution >= 4 is 50.6 Å². The summed E-state index contributed by atoms with van der Waals surface area (Å²) in [4.78, 5) is 30.9. The number of carboxylic acids is 1. The van der Waals surface area contributed by atoms with Crippen LogP contribution in [-0.2, 0) is 4.79 Å². The predicted octanol–water partition coefficient (Wildman–Crippen LogP) is 3.40. The Hall–Kier alpha value is -3.17. The Bertz CT molecular complexity index is 1120. The number of carbonyl (C=O) groups excluding carboxylic acids is 1. The number of hydrogen-bond acceptors (Lipinski definition) is 7. The summed E-state index contributed by atoms with van der Waals surface area (Å²) in [5.41, 5.74) is -0.0501. The molecule has 3 aromatic rings. The van der Waals surface area contributed by atoms with Gasteiger partial charge in [-0.25, -0.2) is 4.98 Å². The lowest BCUT2D eigenvalue weighted by Gasteiger charge is -2.35. The van der Waals surface area contributed by atoms with Gasteiger partial charge in [0.2, 0.25) is 0 Å². The molecule has 1 aliphatic rings. The van der Waals surface area contributed by atoms with Gasteiger partial charge in [-0.15, -0.1) is 0 Å². The fourth-order valence-corrected chi connectivity index (χ4v) is 4.50. The second-order valence-corrected chi connectivity index (χ2v) is 8.90. The summed E-state index contributed by atoms with van der Waals surface area (Å²) < 4.78 is 0. The molecule has 8 nitrogen and oxygen atoms in total. The number of piperidine rings is 1. The maximum absolute atomic E-state index is 13.0. The number of fused-ring (bicyclic) bond motifs is 1. The third-order valence-corrected chi connectivity index (χ3v) is 6.46. The second kappa shape index (κ2) is 8.52. The molecule has 162 valence electrons. The van der Waals surface area contributed by atoms with E-state index in [0.29, 0.717) is 41.6 Å². The Morgan fingerprint density at radius 3 is 2.58 bits per heavy atom. The van der Waals surface area contributed by atoms with Crippen LogP contribution in [0.5, 0.6) is 0 Å². The molecule has 4 rings (SSSR count). The Labute approximate surface area is 183 Å². The normalized spacial score (nSPS) is 15.6. The molecule has 0 radical (unpaired) electrons. The van der Waals surface area contributed by atoms with E-state index in [2.05, 4.69) is 15.6 Å². The van der Waals surface area contributed by atoms with Gasteiger partial charge in [0.05, 0.1) is 5.60 Å². The van der Waals surface area contributed by atoms with Gasteiger partial charge in [0.25, 0.3) is 5.91 Å². The van der Waals surface area contributed by atoms with E-state index >= 15 is 0 Å². The minimum absolute atomic E-state index is 0.248. The molecule has 1 aromatic heterocycles. The van der Waals surface area contributed by atoms with Gasteiger partial charge in [-0.2, -0.15) is 0 Å². The molecule has 2 heterocycles. The molecule has 0 bridgehead atoms. The summed E-state index contributed by atoms with van der Waals surface area (Å²) in [6.07, 6.45) is 1.20. The lowest BCUT2D eigenvalue weighted by atomic mass is 9.94. The summed E-state index contributed by atoms with van der Waals surface area (Å²) in [5.74, 6) is -1.14. The van der Waals surface area contributed by atoms with E-state index in [9.17, 15) is 14.7 Å². The number of benzene rings is 2. The van der Waals surface area contributed by atoms with Gasteiger partial charge in [0.1, 0.15) is 11.4 Å². The molecule has 0 aliphatic carbocycles. The molecule has 4 N–H and O–H groups in total. The zero-order valence-corrected chi connectivity index (χ0v) is 17.9. The number of rotatable bonds is 6. The zero-order valence-electron chi connectivity index (χ0n) is 17.1. The van der Waals surface area contributed by atoms with Crippen molar-refractivity contribution in [2.24, 2.45) is 0 Å². The number of aliphatic hydroxyl groups is 1. The SMILES string of the molecule is CC1(O)CCN(c2nc(NCC(=O)O)c(C(=O)Nc3ccc4ccccc4c3)s2)CC1. The van der Waals surface area contributed by atoms with E-state index in [1.54, 1.807) is 0 Å². The number of aliphatic carboxylic acids is 1. The van der Waals surface area contributed by atoms with Crippen molar-refractivity contribution in [2.45, 2.75) is 25.4 Å². The van der Waals surface area contributed by atoms with Crippen molar-refractivity contribution in [1.29, 1.82) is 0 Å². The van der Waals surface area contributed by atoms with Crippen LogP contribution in [0.4, 0.5) is 16.6 Å². The highest BCUT2D eigenvalue weighted by atomic mass is 32.1. The van der Waals surface area contributed by atoms with Crippen LogP contribution in [0.2, 0.25) is 0 Å². The molecule has 0 saturated carbocycles. The van der Waals surface area contributed by atoms with Gasteiger partial charge in [-0.05, 0) is 42.7 Å². The Kier molecular flexibility index (Phi) is 5.79. The van der Waals surface area contributed by atoms with E-state index in [-0.39, 0.29) is 18.3 Å². The highest BCUT2D eigenvalue weighted by molar-refractivity contribution is 7.18. The van der Waals surface area contributed by atoms with Crippen LogP contribution in [0.3, 0.4) is 0 Å². The lowest BCUT2D eigenvalue weighted by Crippen LogP contribution is -2.42. The van der Waals surface area contributed by atoms with E-state index in [1.807, 2.05) is 54.3 Å². The summed E-state index contributed by atoms with van der Waals surface area (Å²) in [7, 11) is 0. The number of carbonyl (C=O) groups is 2. The largest absolute Gasteiger partial charge is 0.480 e. The molecule has 1 aliphatic heterocycles. The maximum atomic E-state index is 13.0. The molecule has 31 heavy (non-hydrogen) atoms. The average Bonchev–Trinajstić information content (AvgIpc) is 3.16. The van der Waals surface area contributed by atoms with E-state index in [0.717, 1.165) is 10.8 Å². The van der Waals surface area contributed by atoms with E-state index in [1.165, 1.54) is 11.3 Å². The van der Waals surface area contributed by atoms with Crippen LogP contribution in [0.15, 0.2) is 42.5 Å². The van der Waals surface area contributed by atoms with Crippen LogP contribution in [0.25, 0.3) is 10.8 Å². The summed E-state index contributed by atoms with van der Waals surface area (Å²) in [6.45, 7) is 2.71. The quantitative estimate of drug-likeness (QED) is 0.464. The fraction of sp³-hybridized carbons (Fsp3) is 0.318. The molecule has 0 spiro atoms. The van der Waals surface area contributed by atoms with Gasteiger partial charge >= 0.3 is 5.97 Å². The van der Waals surface area contributed by atoms with Gasteiger partial charge in [-0.1, -0.05) is 41.7 Å². The number of amides is 1. The number of nitrogens with one attached hydrogen (secondary N) is 2. The predicted molar refractivity (Wildman–Crippen MR) is 122 cm³/mol. The van der Waals surface area contributed by atoms with E-state index < -0.39 is 11.6 Å². The number of carboxylic acid groups (broad SMARTS) is 1. The Balaban J connectivity index is 1.57. The summed E-state index contributed by atoms with van der Waals surface area (Å²) >= 11 is 1.21. The average molecular weight is 441 g/mol. The first-order valence-corrected chi connectivity index (χ1v) is 10.9. The summed E-state index contributed by atoms with van der Waals surface area (Å²) in [5, 5.41) is 27.6. The summed E-state index contributed by atoms with van der Waals surface area (Å²) in [6, 6.07) is 13.5. The standard InChI is InChI=1S/C22H24N4O4S/c1-22(30)8-10-26(11-9-22)21-25-19(23-13-17(27)28)18(31-21)20(29)24-16-7-6-14-4-2-3-5-15(14)12-16/h2-7,12,23,30H,8-11,13H2,1H3,(H,24,29)(H,27,28). The topological polar surface area (TPSA) is 115 Å². The van der Waals surface area contributed by atoms with Crippen LogP contribution >= 0.6 is 11.3 Å².